The van der Waals surface area contributed by atoms with Crippen LogP contribution in [-0.2, 0) is 0 Å². The van der Waals surface area contributed by atoms with Gasteiger partial charge in [-0.3, -0.25) is 4.79 Å². The van der Waals surface area contributed by atoms with Crippen molar-refractivity contribution < 1.29 is 18.7 Å². The highest BCUT2D eigenvalue weighted by atomic mass is 79.9. The molecule has 0 aliphatic heterocycles. The highest BCUT2D eigenvalue weighted by Gasteiger charge is 2.15. The van der Waals surface area contributed by atoms with Crippen molar-refractivity contribution in [3.63, 3.8) is 0 Å². The molecule has 2 aromatic rings. The van der Waals surface area contributed by atoms with E-state index in [-0.39, 0.29) is 5.69 Å². The van der Waals surface area contributed by atoms with Crippen molar-refractivity contribution in [3.8, 4) is 11.5 Å². The summed E-state index contributed by atoms with van der Waals surface area (Å²) in [6.07, 6.45) is 0. The van der Waals surface area contributed by atoms with Crippen LogP contribution in [0.15, 0.2) is 40.9 Å². The number of carbonyl (C=O) groups is 1. The second kappa shape index (κ2) is 6.58. The first-order valence-corrected chi connectivity index (χ1v) is 6.83. The number of hydrogen-bond donors (Lipinski definition) is 1. The molecule has 6 heteroatoms. The van der Waals surface area contributed by atoms with Crippen molar-refractivity contribution in [3.05, 3.63) is 52.3 Å². The number of carbonyl (C=O) groups excluding carboxylic acids is 1. The summed E-state index contributed by atoms with van der Waals surface area (Å²) in [5.41, 5.74) is 0.415. The topological polar surface area (TPSA) is 47.6 Å². The zero-order chi connectivity index (χ0) is 15.4. The Morgan fingerprint density at radius 2 is 1.71 bits per heavy atom. The number of methoxy groups -OCH3 is 2. The second-order valence-electron chi connectivity index (χ2n) is 4.13. The molecule has 0 spiro atoms. The van der Waals surface area contributed by atoms with Gasteiger partial charge in [0.15, 0.2) is 0 Å². The van der Waals surface area contributed by atoms with Gasteiger partial charge in [-0.1, -0.05) is 12.1 Å². The molecule has 0 aliphatic carbocycles. The average Bonchev–Trinajstić information content (AvgIpc) is 2.49. The predicted molar refractivity (Wildman–Crippen MR) is 81.6 cm³/mol. The monoisotopic (exact) mass is 353 g/mol. The molecule has 4 nitrogen and oxygen atoms in total. The van der Waals surface area contributed by atoms with Gasteiger partial charge < -0.3 is 14.8 Å². The first-order chi connectivity index (χ1) is 10.1. The number of hydrogen-bond acceptors (Lipinski definition) is 3. The summed E-state index contributed by atoms with van der Waals surface area (Å²) in [4.78, 5) is 12.2. The van der Waals surface area contributed by atoms with Crippen molar-refractivity contribution >= 4 is 27.5 Å². The molecular formula is C15H13BrFNO3. The second-order valence-corrected chi connectivity index (χ2v) is 4.92. The number of para-hydroxylation sites is 1. The number of halogens is 2. The lowest BCUT2D eigenvalue weighted by molar-refractivity contribution is 0.102. The Morgan fingerprint density at radius 3 is 2.24 bits per heavy atom. The molecule has 0 bridgehead atoms. The number of ether oxygens (including phenoxy) is 2. The van der Waals surface area contributed by atoms with E-state index in [0.717, 1.165) is 0 Å². The molecule has 2 rings (SSSR count). The van der Waals surface area contributed by atoms with Crippen LogP contribution in [0.25, 0.3) is 0 Å². The maximum Gasteiger partial charge on any atom is 0.256 e. The van der Waals surface area contributed by atoms with E-state index in [1.54, 1.807) is 24.3 Å². The maximum absolute atomic E-state index is 13.5. The summed E-state index contributed by atoms with van der Waals surface area (Å²) >= 11 is 3.32. The third-order valence-electron chi connectivity index (χ3n) is 2.83. The number of anilines is 1. The highest BCUT2D eigenvalue weighted by molar-refractivity contribution is 9.10. The SMILES string of the molecule is COc1cc(C(=O)Nc2ccccc2F)cc(OC)c1Br. The van der Waals surface area contributed by atoms with Gasteiger partial charge in [-0.25, -0.2) is 4.39 Å². The van der Waals surface area contributed by atoms with Crippen LogP contribution in [0.3, 0.4) is 0 Å². The van der Waals surface area contributed by atoms with Crippen LogP contribution in [0.5, 0.6) is 11.5 Å². The van der Waals surface area contributed by atoms with Crippen molar-refractivity contribution in [2.24, 2.45) is 0 Å². The van der Waals surface area contributed by atoms with Crippen LogP contribution in [0.4, 0.5) is 10.1 Å². The van der Waals surface area contributed by atoms with Crippen LogP contribution in [0.1, 0.15) is 10.4 Å². The smallest absolute Gasteiger partial charge is 0.256 e. The fourth-order valence-electron chi connectivity index (χ4n) is 1.76. The molecule has 1 amide bonds. The van der Waals surface area contributed by atoms with E-state index in [0.29, 0.717) is 21.5 Å². The third-order valence-corrected chi connectivity index (χ3v) is 3.61. The van der Waals surface area contributed by atoms with Gasteiger partial charge in [0, 0.05) is 5.56 Å². The lowest BCUT2D eigenvalue weighted by atomic mass is 10.1. The molecule has 0 heterocycles. The summed E-state index contributed by atoms with van der Waals surface area (Å²) in [6, 6.07) is 9.04. The standard InChI is InChI=1S/C15H13BrFNO3/c1-20-12-7-9(8-13(21-2)14(12)16)15(19)18-11-6-4-3-5-10(11)17/h3-8H,1-2H3,(H,18,19). The summed E-state index contributed by atoms with van der Waals surface area (Å²) in [7, 11) is 2.97. The van der Waals surface area contributed by atoms with E-state index in [9.17, 15) is 9.18 Å². The Bertz CT molecular complexity index is 651. The molecule has 0 radical (unpaired) electrons. The number of amides is 1. The largest absolute Gasteiger partial charge is 0.495 e. The first-order valence-electron chi connectivity index (χ1n) is 6.04. The fourth-order valence-corrected chi connectivity index (χ4v) is 2.31. The molecule has 0 saturated heterocycles. The zero-order valence-corrected chi connectivity index (χ0v) is 13.0. The summed E-state index contributed by atoms with van der Waals surface area (Å²) < 4.78 is 24.5. The van der Waals surface area contributed by atoms with Crippen LogP contribution in [0, 0.1) is 5.82 Å². The normalized spacial score (nSPS) is 10.1. The number of benzene rings is 2. The van der Waals surface area contributed by atoms with Crippen molar-refractivity contribution in [2.75, 3.05) is 19.5 Å². The summed E-state index contributed by atoms with van der Waals surface area (Å²) in [5.74, 6) is -0.0489. The van der Waals surface area contributed by atoms with E-state index in [4.69, 9.17) is 9.47 Å². The molecule has 0 saturated carbocycles. The lowest BCUT2D eigenvalue weighted by Gasteiger charge is -2.12. The van der Waals surface area contributed by atoms with Gasteiger partial charge in [0.25, 0.3) is 5.91 Å². The van der Waals surface area contributed by atoms with Crippen LogP contribution in [-0.4, -0.2) is 20.1 Å². The van der Waals surface area contributed by atoms with Crippen LogP contribution < -0.4 is 14.8 Å². The number of rotatable bonds is 4. The molecule has 0 unspecified atom stereocenters. The third kappa shape index (κ3) is 3.33. The molecule has 110 valence electrons. The fraction of sp³-hybridized carbons (Fsp3) is 0.133. The lowest BCUT2D eigenvalue weighted by Crippen LogP contribution is -2.13. The summed E-state index contributed by atoms with van der Waals surface area (Å²) in [6.45, 7) is 0. The van der Waals surface area contributed by atoms with Crippen LogP contribution >= 0.6 is 15.9 Å². The van der Waals surface area contributed by atoms with Gasteiger partial charge in [-0.2, -0.15) is 0 Å². The van der Waals surface area contributed by atoms with E-state index >= 15 is 0 Å². The van der Waals surface area contributed by atoms with Gasteiger partial charge >= 0.3 is 0 Å². The molecule has 21 heavy (non-hydrogen) atoms. The van der Waals surface area contributed by atoms with E-state index < -0.39 is 11.7 Å². The Balaban J connectivity index is 2.33. The zero-order valence-electron chi connectivity index (χ0n) is 11.4. The quantitative estimate of drug-likeness (QED) is 0.907. The Hall–Kier alpha value is -2.08. The average molecular weight is 354 g/mol. The highest BCUT2D eigenvalue weighted by Crippen LogP contribution is 2.35. The van der Waals surface area contributed by atoms with Gasteiger partial charge in [-0.15, -0.1) is 0 Å². The minimum Gasteiger partial charge on any atom is -0.495 e. The minimum atomic E-state index is -0.498. The van der Waals surface area contributed by atoms with Crippen LogP contribution in [0.2, 0.25) is 0 Å². The molecule has 0 aliphatic rings. The van der Waals surface area contributed by atoms with E-state index in [2.05, 4.69) is 21.2 Å². The maximum atomic E-state index is 13.5. The summed E-state index contributed by atoms with van der Waals surface area (Å²) in [5, 5.41) is 2.51. The Kier molecular flexibility index (Phi) is 4.80. The van der Waals surface area contributed by atoms with Crippen molar-refractivity contribution in [1.29, 1.82) is 0 Å². The molecule has 0 atom stereocenters. The van der Waals surface area contributed by atoms with E-state index in [1.807, 2.05) is 0 Å². The Morgan fingerprint density at radius 1 is 1.14 bits per heavy atom. The van der Waals surface area contributed by atoms with E-state index in [1.165, 1.54) is 26.4 Å². The molecular weight excluding hydrogens is 341 g/mol. The molecule has 0 aromatic heterocycles. The Labute approximate surface area is 130 Å². The van der Waals surface area contributed by atoms with Gasteiger partial charge in [0.2, 0.25) is 0 Å². The molecule has 2 aromatic carbocycles. The van der Waals surface area contributed by atoms with Gasteiger partial charge in [0.1, 0.15) is 21.8 Å². The van der Waals surface area contributed by atoms with Gasteiger partial charge in [-0.05, 0) is 40.2 Å². The minimum absolute atomic E-state index is 0.114. The molecule has 0 fully saturated rings. The van der Waals surface area contributed by atoms with Gasteiger partial charge in [0.05, 0.1) is 19.9 Å². The first kappa shape index (κ1) is 15.3. The van der Waals surface area contributed by atoms with Crippen molar-refractivity contribution in [2.45, 2.75) is 0 Å². The molecule has 1 N–H and O–H groups in total. The number of nitrogens with one attached hydrogen (secondary N) is 1. The van der Waals surface area contributed by atoms with Crippen molar-refractivity contribution in [1.82, 2.24) is 0 Å². The predicted octanol–water partition coefficient (Wildman–Crippen LogP) is 3.86.